The first kappa shape index (κ1) is 53.1. The van der Waals surface area contributed by atoms with E-state index in [0.717, 1.165) is 5.56 Å². The monoisotopic (exact) mass is 875 g/mol. The van der Waals surface area contributed by atoms with Crippen LogP contribution in [0.1, 0.15) is 102 Å². The first-order chi connectivity index (χ1) is 29.1. The molecule has 4 atom stereocenters. The summed E-state index contributed by atoms with van der Waals surface area (Å²) >= 11 is 1.45. The summed E-state index contributed by atoms with van der Waals surface area (Å²) in [7, 11) is 0. The third-order valence-electron chi connectivity index (χ3n) is 9.88. The van der Waals surface area contributed by atoms with Crippen LogP contribution in [0, 0.1) is 11.8 Å². The van der Waals surface area contributed by atoms with Crippen LogP contribution in [0.25, 0.3) is 0 Å². The number of rotatable bonds is 32. The van der Waals surface area contributed by atoms with E-state index in [1.165, 1.54) is 23.6 Å². The summed E-state index contributed by atoms with van der Waals surface area (Å²) in [5.41, 5.74) is 6.67. The van der Waals surface area contributed by atoms with Gasteiger partial charge < -0.3 is 40.8 Å². The number of nitrogens with two attached hydrogens (primary N) is 1. The molecule has 0 unspecified atom stereocenters. The lowest BCUT2D eigenvalue weighted by Crippen LogP contribution is -2.52. The van der Waals surface area contributed by atoms with Crippen molar-refractivity contribution in [2.24, 2.45) is 17.6 Å². The number of likely N-dealkylation sites (tertiary alicyclic amines) is 1. The topological polar surface area (TPSA) is 230 Å². The number of ether oxygens (including phenoxy) is 3. The van der Waals surface area contributed by atoms with Gasteiger partial charge in [-0.3, -0.25) is 38.4 Å². The summed E-state index contributed by atoms with van der Waals surface area (Å²) in [5, 5.41) is 8.37. The van der Waals surface area contributed by atoms with Gasteiger partial charge >= 0.3 is 0 Å². The molecule has 1 saturated heterocycles. The molecule has 1 aromatic rings. The number of nitrogens with one attached hydrogen (secondary N) is 3. The lowest BCUT2D eigenvalue weighted by molar-refractivity contribution is -0.142. The minimum atomic E-state index is -0.871. The Kier molecular flexibility index (Phi) is 25.5. The Balaban J connectivity index is 1.92. The maximum absolute atomic E-state index is 13.5. The fourth-order valence-electron chi connectivity index (χ4n) is 6.78. The number of hydrogen-bond acceptors (Lipinski definition) is 13. The fraction of sp³-hybridized carbons (Fsp3) is 0.682. The average Bonchev–Trinajstić information content (AvgIpc) is 3.71. The quantitative estimate of drug-likeness (QED) is 0.0604. The van der Waals surface area contributed by atoms with Gasteiger partial charge in [-0.15, -0.1) is 0 Å². The van der Waals surface area contributed by atoms with E-state index in [4.69, 9.17) is 19.9 Å². The van der Waals surface area contributed by atoms with Gasteiger partial charge in [0.1, 0.15) is 19.3 Å². The third-order valence-corrected chi connectivity index (χ3v) is 10.5. The van der Waals surface area contributed by atoms with Crippen molar-refractivity contribution in [3.8, 4) is 0 Å². The molecule has 1 heterocycles. The van der Waals surface area contributed by atoms with Crippen LogP contribution in [0.3, 0.4) is 0 Å². The lowest BCUT2D eigenvalue weighted by atomic mass is 9.97. The molecule has 16 nitrogen and oxygen atoms in total. The number of carbonyl (C=O) groups excluding carboxylic acids is 8. The Labute approximate surface area is 365 Å². The van der Waals surface area contributed by atoms with E-state index in [1.54, 1.807) is 24.3 Å². The molecule has 4 amide bonds. The van der Waals surface area contributed by atoms with E-state index in [-0.39, 0.29) is 100 Å². The molecule has 0 spiro atoms. The molecule has 0 aliphatic carbocycles. The van der Waals surface area contributed by atoms with Gasteiger partial charge in [-0.2, -0.15) is 11.8 Å². The van der Waals surface area contributed by atoms with Gasteiger partial charge in [-0.1, -0.05) is 52.0 Å². The molecular formula is C44H69N5O11S. The van der Waals surface area contributed by atoms with Gasteiger partial charge in [-0.05, 0) is 62.7 Å². The Morgan fingerprint density at radius 1 is 0.754 bits per heavy atom. The molecule has 0 aromatic heterocycles. The molecule has 1 aromatic carbocycles. The van der Waals surface area contributed by atoms with E-state index in [2.05, 4.69) is 16.0 Å². The van der Waals surface area contributed by atoms with Gasteiger partial charge in [0.2, 0.25) is 23.6 Å². The number of thioether (sulfide) groups is 1. The highest BCUT2D eigenvalue weighted by molar-refractivity contribution is 7.98. The SMILES string of the molecule is CSC[C@H](NC(=O)CCC(=O)[C@H](CC(C)C)NC(=O)[C@@H]1CCCN1C(=O)COCCCC(=O)[C@H](Cc1ccc(C(C)=O)cc1)NC(=O)COCCOCCN)C(=O)CC(C)C. The zero-order valence-corrected chi connectivity index (χ0v) is 37.7. The van der Waals surface area contributed by atoms with Crippen molar-refractivity contribution in [1.82, 2.24) is 20.9 Å². The minimum absolute atomic E-state index is 0.0493. The molecule has 0 bridgehead atoms. The molecule has 342 valence electrons. The predicted molar refractivity (Wildman–Crippen MR) is 233 cm³/mol. The molecule has 61 heavy (non-hydrogen) atoms. The zero-order valence-electron chi connectivity index (χ0n) is 36.9. The highest BCUT2D eigenvalue weighted by Gasteiger charge is 2.36. The van der Waals surface area contributed by atoms with E-state index in [0.29, 0.717) is 56.7 Å². The van der Waals surface area contributed by atoms with Crippen molar-refractivity contribution in [2.75, 3.05) is 64.7 Å². The predicted octanol–water partition coefficient (Wildman–Crippen LogP) is 2.61. The summed E-state index contributed by atoms with van der Waals surface area (Å²) in [5.74, 6) is -1.76. The van der Waals surface area contributed by atoms with Crippen LogP contribution in [0.5, 0.6) is 0 Å². The van der Waals surface area contributed by atoms with Crippen molar-refractivity contribution >= 4 is 58.5 Å². The van der Waals surface area contributed by atoms with Crippen molar-refractivity contribution in [3.63, 3.8) is 0 Å². The van der Waals surface area contributed by atoms with E-state index < -0.39 is 47.8 Å². The van der Waals surface area contributed by atoms with E-state index in [9.17, 15) is 38.4 Å². The van der Waals surface area contributed by atoms with Crippen LogP contribution < -0.4 is 21.7 Å². The molecule has 1 aliphatic rings. The summed E-state index contributed by atoms with van der Waals surface area (Å²) in [6, 6.07) is 3.67. The van der Waals surface area contributed by atoms with Crippen LogP contribution >= 0.6 is 11.8 Å². The highest BCUT2D eigenvalue weighted by Crippen LogP contribution is 2.19. The molecule has 0 saturated carbocycles. The first-order valence-corrected chi connectivity index (χ1v) is 22.7. The normalized spacial score (nSPS) is 15.3. The summed E-state index contributed by atoms with van der Waals surface area (Å²) in [6.07, 6.45) is 3.84. The number of benzene rings is 1. The minimum Gasteiger partial charge on any atom is -0.378 e. The van der Waals surface area contributed by atoms with Crippen LogP contribution in [0.2, 0.25) is 0 Å². The number of hydrogen-bond donors (Lipinski definition) is 4. The zero-order chi connectivity index (χ0) is 45.3. The Hall–Kier alpha value is -4.03. The van der Waals surface area contributed by atoms with Gasteiger partial charge in [-0.25, -0.2) is 0 Å². The number of amides is 4. The number of nitrogens with zero attached hydrogens (tertiary/aromatic N) is 1. The van der Waals surface area contributed by atoms with Gasteiger partial charge in [0.15, 0.2) is 23.1 Å². The molecule has 0 radical (unpaired) electrons. The summed E-state index contributed by atoms with van der Waals surface area (Å²) in [4.78, 5) is 105. The van der Waals surface area contributed by atoms with Gasteiger partial charge in [0.05, 0.1) is 37.9 Å². The van der Waals surface area contributed by atoms with Crippen molar-refractivity contribution in [3.05, 3.63) is 35.4 Å². The molecule has 2 rings (SSSR count). The van der Waals surface area contributed by atoms with Crippen molar-refractivity contribution in [1.29, 1.82) is 0 Å². The standard InChI is InChI=1S/C44H69N5O11S/c1-29(2)23-34(39(52)15-16-41(54)47-36(28-61-6)40(53)24-30(3)4)48-44(57)37-9-7-18-49(37)43(56)27-59-19-8-10-38(51)35(25-32-11-13-33(14-12-32)31(5)50)46-42(55)26-60-22-21-58-20-17-45/h11-14,29-30,34-37H,7-10,15-28,45H2,1-6H3,(H,46,55)(H,47,54)(H,48,57)/t34-,35-,36-,37-/m0/s1. The van der Waals surface area contributed by atoms with Gasteiger partial charge in [0, 0.05) is 56.7 Å². The second-order valence-electron chi connectivity index (χ2n) is 16.2. The largest absolute Gasteiger partial charge is 0.378 e. The summed E-state index contributed by atoms with van der Waals surface area (Å²) < 4.78 is 16.3. The van der Waals surface area contributed by atoms with E-state index >= 15 is 0 Å². The van der Waals surface area contributed by atoms with Crippen LogP contribution in [-0.4, -0.2) is 141 Å². The Morgan fingerprint density at radius 3 is 2.05 bits per heavy atom. The second-order valence-corrected chi connectivity index (χ2v) is 17.1. The second kappa shape index (κ2) is 29.3. The third kappa shape index (κ3) is 21.1. The van der Waals surface area contributed by atoms with Gasteiger partial charge in [0.25, 0.3) is 0 Å². The molecular weight excluding hydrogens is 807 g/mol. The van der Waals surface area contributed by atoms with Crippen molar-refractivity contribution < 1.29 is 52.6 Å². The molecule has 1 fully saturated rings. The maximum atomic E-state index is 13.5. The van der Waals surface area contributed by atoms with Crippen LogP contribution in [0.4, 0.5) is 0 Å². The van der Waals surface area contributed by atoms with Crippen molar-refractivity contribution in [2.45, 2.75) is 117 Å². The Morgan fingerprint density at radius 2 is 1.41 bits per heavy atom. The number of ketones is 4. The maximum Gasteiger partial charge on any atom is 0.249 e. The number of Topliss-reactive ketones (excluding diaryl/α,β-unsaturated/α-hetero) is 4. The lowest BCUT2D eigenvalue weighted by Gasteiger charge is -2.27. The van der Waals surface area contributed by atoms with Crippen LogP contribution in [0.15, 0.2) is 24.3 Å². The average molecular weight is 876 g/mol. The molecule has 17 heteroatoms. The van der Waals surface area contributed by atoms with Crippen LogP contribution in [-0.2, 0) is 54.2 Å². The molecule has 5 N–H and O–H groups in total. The van der Waals surface area contributed by atoms with E-state index in [1.807, 2.05) is 34.0 Å². The number of carbonyl (C=O) groups is 8. The Bertz CT molecular complexity index is 1590. The highest BCUT2D eigenvalue weighted by atomic mass is 32.2. The first-order valence-electron chi connectivity index (χ1n) is 21.3. The summed E-state index contributed by atoms with van der Waals surface area (Å²) in [6.45, 7) is 10.2. The fourth-order valence-corrected chi connectivity index (χ4v) is 7.38. The molecule has 1 aliphatic heterocycles. The smallest absolute Gasteiger partial charge is 0.249 e.